The number of rotatable bonds is 40. The van der Waals surface area contributed by atoms with Gasteiger partial charge in [-0.1, -0.05) is 207 Å². The fourth-order valence-electron chi connectivity index (χ4n) is 6.63. The van der Waals surface area contributed by atoms with Crippen molar-refractivity contribution < 1.29 is 28.6 Å². The van der Waals surface area contributed by atoms with Crippen LogP contribution in [-0.4, -0.2) is 37.2 Å². The highest BCUT2D eigenvalue weighted by Crippen LogP contribution is 2.16. The van der Waals surface area contributed by atoms with Crippen molar-refractivity contribution >= 4 is 17.9 Å². The highest BCUT2D eigenvalue weighted by atomic mass is 16.6. The topological polar surface area (TPSA) is 78.9 Å². The summed E-state index contributed by atoms with van der Waals surface area (Å²) >= 11 is 0. The predicted octanol–water partition coefficient (Wildman–Crippen LogP) is 13.9. The Labute approximate surface area is 317 Å². The summed E-state index contributed by atoms with van der Waals surface area (Å²) in [6, 6.07) is 0. The summed E-state index contributed by atoms with van der Waals surface area (Å²) in [5.74, 6) is -0.0183. The smallest absolute Gasteiger partial charge is 0.306 e. The first-order valence-corrected chi connectivity index (χ1v) is 22.4. The molecule has 0 saturated carbocycles. The van der Waals surface area contributed by atoms with Crippen LogP contribution in [0.2, 0.25) is 0 Å². The van der Waals surface area contributed by atoms with Gasteiger partial charge in [-0.25, -0.2) is 0 Å². The van der Waals surface area contributed by atoms with E-state index in [9.17, 15) is 14.4 Å². The summed E-state index contributed by atoms with van der Waals surface area (Å²) in [6.45, 7) is 8.89. The normalized spacial score (nSPS) is 11.9. The van der Waals surface area contributed by atoms with Crippen molar-refractivity contribution in [1.82, 2.24) is 0 Å². The Morgan fingerprint density at radius 3 is 0.961 bits per heavy atom. The van der Waals surface area contributed by atoms with Crippen molar-refractivity contribution in [2.24, 2.45) is 5.92 Å². The fourth-order valence-corrected chi connectivity index (χ4v) is 6.63. The molecule has 0 aliphatic carbocycles. The van der Waals surface area contributed by atoms with Gasteiger partial charge in [0.15, 0.2) is 6.10 Å². The van der Waals surface area contributed by atoms with Crippen LogP contribution in [0.4, 0.5) is 0 Å². The predicted molar refractivity (Wildman–Crippen MR) is 215 cm³/mol. The third-order valence-corrected chi connectivity index (χ3v) is 10.0. The number of carbonyl (C=O) groups is 3. The van der Waals surface area contributed by atoms with Crippen LogP contribution in [0, 0.1) is 5.92 Å². The summed E-state index contributed by atoms with van der Waals surface area (Å²) in [4.78, 5) is 37.2. The summed E-state index contributed by atoms with van der Waals surface area (Å²) < 4.78 is 16.5. The van der Waals surface area contributed by atoms with Crippen molar-refractivity contribution in [3.63, 3.8) is 0 Å². The Morgan fingerprint density at radius 2 is 0.647 bits per heavy atom. The van der Waals surface area contributed by atoms with Gasteiger partial charge in [-0.15, -0.1) is 0 Å². The van der Waals surface area contributed by atoms with E-state index in [-0.39, 0.29) is 31.1 Å². The second kappa shape index (κ2) is 39.6. The van der Waals surface area contributed by atoms with Gasteiger partial charge >= 0.3 is 17.9 Å². The molecular formula is C45H86O6. The van der Waals surface area contributed by atoms with Crippen LogP contribution in [-0.2, 0) is 28.6 Å². The van der Waals surface area contributed by atoms with E-state index in [1.807, 2.05) is 0 Å². The zero-order chi connectivity index (χ0) is 37.5. The number of hydrogen-bond donors (Lipinski definition) is 0. The summed E-state index contributed by atoms with van der Waals surface area (Å²) in [5, 5.41) is 0. The van der Waals surface area contributed by atoms with Crippen LogP contribution in [0.5, 0.6) is 0 Å². The van der Waals surface area contributed by atoms with E-state index < -0.39 is 6.10 Å². The molecule has 0 amide bonds. The first-order valence-electron chi connectivity index (χ1n) is 22.4. The van der Waals surface area contributed by atoms with Crippen LogP contribution in [0.1, 0.15) is 246 Å². The molecule has 0 heterocycles. The van der Waals surface area contributed by atoms with Gasteiger partial charge in [0.1, 0.15) is 13.2 Å². The van der Waals surface area contributed by atoms with Gasteiger partial charge in [-0.05, 0) is 25.2 Å². The van der Waals surface area contributed by atoms with Gasteiger partial charge in [-0.3, -0.25) is 14.4 Å². The second-order valence-corrected chi connectivity index (χ2v) is 15.8. The molecule has 0 rings (SSSR count). The largest absolute Gasteiger partial charge is 0.462 e. The lowest BCUT2D eigenvalue weighted by atomic mass is 10.0. The molecule has 0 saturated heterocycles. The molecule has 0 aliphatic heterocycles. The van der Waals surface area contributed by atoms with Gasteiger partial charge in [0.25, 0.3) is 0 Å². The van der Waals surface area contributed by atoms with E-state index in [2.05, 4.69) is 27.7 Å². The van der Waals surface area contributed by atoms with Crippen LogP contribution >= 0.6 is 0 Å². The molecular weight excluding hydrogens is 636 g/mol. The van der Waals surface area contributed by atoms with E-state index in [1.54, 1.807) is 0 Å². The van der Waals surface area contributed by atoms with Crippen molar-refractivity contribution in [3.05, 3.63) is 0 Å². The fraction of sp³-hybridized carbons (Fsp3) is 0.933. The number of ether oxygens (including phenoxy) is 3. The molecule has 0 aromatic rings. The van der Waals surface area contributed by atoms with Crippen molar-refractivity contribution in [3.8, 4) is 0 Å². The SMILES string of the molecule is CCCCCCCCCC(=O)O[C@@H](COC(=O)CCCCCCC)COC(=O)CCCCCCCCCCCCCCCCCCCCC(C)C. The molecule has 1 atom stereocenters. The Hall–Kier alpha value is -1.59. The lowest BCUT2D eigenvalue weighted by Crippen LogP contribution is -2.30. The Balaban J connectivity index is 3.98. The number of unbranched alkanes of at least 4 members (excludes halogenated alkanes) is 27. The van der Waals surface area contributed by atoms with Gasteiger partial charge in [0.05, 0.1) is 0 Å². The second-order valence-electron chi connectivity index (χ2n) is 15.8. The molecule has 0 aliphatic rings. The van der Waals surface area contributed by atoms with Crippen LogP contribution < -0.4 is 0 Å². The number of carbonyl (C=O) groups excluding carboxylic acids is 3. The third-order valence-electron chi connectivity index (χ3n) is 10.0. The van der Waals surface area contributed by atoms with Crippen molar-refractivity contribution in [2.45, 2.75) is 252 Å². The Bertz CT molecular complexity index is 766. The van der Waals surface area contributed by atoms with E-state index in [4.69, 9.17) is 14.2 Å². The summed E-state index contributed by atoms with van der Waals surface area (Å²) in [5.41, 5.74) is 0. The van der Waals surface area contributed by atoms with Gasteiger partial charge in [0.2, 0.25) is 0 Å². The van der Waals surface area contributed by atoms with Gasteiger partial charge in [-0.2, -0.15) is 0 Å². The van der Waals surface area contributed by atoms with Crippen LogP contribution in [0.3, 0.4) is 0 Å². The number of esters is 3. The molecule has 0 spiro atoms. The minimum Gasteiger partial charge on any atom is -0.462 e. The molecule has 0 bridgehead atoms. The lowest BCUT2D eigenvalue weighted by Gasteiger charge is -2.18. The zero-order valence-corrected chi connectivity index (χ0v) is 34.6. The molecule has 6 heteroatoms. The van der Waals surface area contributed by atoms with Gasteiger partial charge in [0, 0.05) is 19.3 Å². The maximum atomic E-state index is 12.5. The first-order chi connectivity index (χ1) is 24.9. The van der Waals surface area contributed by atoms with E-state index in [1.165, 1.54) is 135 Å². The summed E-state index contributed by atoms with van der Waals surface area (Å²) in [7, 11) is 0. The molecule has 0 aromatic carbocycles. The molecule has 0 unspecified atom stereocenters. The molecule has 0 fully saturated rings. The average Bonchev–Trinajstić information content (AvgIpc) is 3.11. The molecule has 0 N–H and O–H groups in total. The third kappa shape index (κ3) is 39.5. The van der Waals surface area contributed by atoms with Crippen LogP contribution in [0.25, 0.3) is 0 Å². The highest BCUT2D eigenvalue weighted by Gasteiger charge is 2.19. The lowest BCUT2D eigenvalue weighted by molar-refractivity contribution is -0.167. The zero-order valence-electron chi connectivity index (χ0n) is 34.6. The minimum atomic E-state index is -0.755. The van der Waals surface area contributed by atoms with Crippen molar-refractivity contribution in [2.75, 3.05) is 13.2 Å². The molecule has 0 radical (unpaired) electrons. The first kappa shape index (κ1) is 49.4. The molecule has 0 aromatic heterocycles. The number of hydrogen-bond acceptors (Lipinski definition) is 6. The highest BCUT2D eigenvalue weighted by molar-refractivity contribution is 5.71. The van der Waals surface area contributed by atoms with E-state index >= 15 is 0 Å². The Morgan fingerprint density at radius 1 is 0.373 bits per heavy atom. The maximum absolute atomic E-state index is 12.5. The van der Waals surface area contributed by atoms with Gasteiger partial charge < -0.3 is 14.2 Å². The monoisotopic (exact) mass is 723 g/mol. The van der Waals surface area contributed by atoms with Crippen molar-refractivity contribution in [1.29, 1.82) is 0 Å². The molecule has 51 heavy (non-hydrogen) atoms. The molecule has 6 nitrogen and oxygen atoms in total. The minimum absolute atomic E-state index is 0.0654. The molecule has 302 valence electrons. The summed E-state index contributed by atoms with van der Waals surface area (Å²) in [6.07, 6.45) is 38.5. The average molecular weight is 723 g/mol. The van der Waals surface area contributed by atoms with E-state index in [0.717, 1.165) is 70.1 Å². The maximum Gasteiger partial charge on any atom is 0.306 e. The van der Waals surface area contributed by atoms with Crippen LogP contribution in [0.15, 0.2) is 0 Å². The quantitative estimate of drug-likeness (QED) is 0.0356. The Kier molecular flexibility index (Phi) is 38.4. The van der Waals surface area contributed by atoms with E-state index in [0.29, 0.717) is 19.3 Å². The standard InChI is InChI=1S/C45H86O6/c1-5-7-9-11-24-30-34-38-45(48)51-42(39-49-43(46)36-32-27-10-8-6-2)40-50-44(47)37-33-29-26-23-21-19-17-15-13-12-14-16-18-20-22-25-28-31-35-41(3)4/h41-42H,5-40H2,1-4H3/t42-/m0/s1.